The van der Waals surface area contributed by atoms with Crippen molar-refractivity contribution in [2.75, 3.05) is 13.2 Å². The van der Waals surface area contributed by atoms with Gasteiger partial charge in [0.25, 0.3) is 0 Å². The Hall–Kier alpha value is -1.06. The number of ether oxygens (including phenoxy) is 2. The first-order valence-electron chi connectivity index (χ1n) is 14.0. The largest absolute Gasteiger partial charge is 0.465 e. The summed E-state index contributed by atoms with van der Waals surface area (Å²) in [6.07, 6.45) is 7.95. The molecule has 4 aliphatic rings. The van der Waals surface area contributed by atoms with Gasteiger partial charge in [-0.15, -0.1) is 0 Å². The number of hydrogen-bond acceptors (Lipinski definition) is 4. The number of rotatable bonds is 6. The molecule has 33 heavy (non-hydrogen) atoms. The zero-order valence-electron chi connectivity index (χ0n) is 21.9. The number of fused-ring (bicyclic) bond motifs is 2. The molecule has 0 N–H and O–H groups in total. The van der Waals surface area contributed by atoms with Crippen LogP contribution in [0.15, 0.2) is 0 Å². The summed E-state index contributed by atoms with van der Waals surface area (Å²) in [5.74, 6) is 4.48. The fourth-order valence-electron chi connectivity index (χ4n) is 8.73. The van der Waals surface area contributed by atoms with E-state index in [1.54, 1.807) is 0 Å². The summed E-state index contributed by atoms with van der Waals surface area (Å²) >= 11 is 0. The lowest BCUT2D eigenvalue weighted by Gasteiger charge is -2.38. The predicted octanol–water partition coefficient (Wildman–Crippen LogP) is 6.37. The molecule has 0 saturated heterocycles. The average molecular weight is 461 g/mol. The molecule has 8 atom stereocenters. The van der Waals surface area contributed by atoms with Gasteiger partial charge in [-0.25, -0.2) is 0 Å². The van der Waals surface area contributed by atoms with Gasteiger partial charge in [-0.1, -0.05) is 41.5 Å². The molecular weight excluding hydrogens is 412 g/mol. The Bertz CT molecular complexity index is 622. The van der Waals surface area contributed by atoms with E-state index in [9.17, 15) is 9.59 Å². The molecule has 0 aromatic rings. The predicted molar refractivity (Wildman–Crippen MR) is 130 cm³/mol. The van der Waals surface area contributed by atoms with E-state index in [1.165, 1.54) is 25.7 Å². The maximum Gasteiger partial charge on any atom is 0.310 e. The second-order valence-electron chi connectivity index (χ2n) is 13.0. The van der Waals surface area contributed by atoms with Gasteiger partial charge in [-0.2, -0.15) is 0 Å². The summed E-state index contributed by atoms with van der Waals surface area (Å²) in [6, 6.07) is 0. The Balaban J connectivity index is 1.34. The SMILES string of the molecule is CC1CC(C)C(COC(=O)C2C3CCC(C3)C2C(=O)OCC2C(C)CC(C)CC2C)C(C)C1. The van der Waals surface area contributed by atoms with Crippen molar-refractivity contribution in [2.24, 2.45) is 71.0 Å². The molecule has 0 spiro atoms. The van der Waals surface area contributed by atoms with Crippen molar-refractivity contribution in [3.05, 3.63) is 0 Å². The second kappa shape index (κ2) is 10.3. The van der Waals surface area contributed by atoms with Crippen LogP contribution < -0.4 is 0 Å². The molecule has 4 rings (SSSR count). The van der Waals surface area contributed by atoms with Gasteiger partial charge in [0.05, 0.1) is 25.0 Å². The highest BCUT2D eigenvalue weighted by Crippen LogP contribution is 2.53. The molecule has 188 valence electrons. The normalized spacial score (nSPS) is 47.3. The van der Waals surface area contributed by atoms with Crippen LogP contribution >= 0.6 is 0 Å². The highest BCUT2D eigenvalue weighted by molar-refractivity contribution is 5.83. The lowest BCUT2D eigenvalue weighted by atomic mass is 9.70. The van der Waals surface area contributed by atoms with Gasteiger partial charge in [0.1, 0.15) is 0 Å². The minimum atomic E-state index is -0.286. The summed E-state index contributed by atoms with van der Waals surface area (Å²) in [5.41, 5.74) is 0. The van der Waals surface area contributed by atoms with Crippen LogP contribution in [0.2, 0.25) is 0 Å². The van der Waals surface area contributed by atoms with E-state index in [2.05, 4.69) is 41.5 Å². The zero-order chi connectivity index (χ0) is 23.9. The third-order valence-corrected chi connectivity index (χ3v) is 10.3. The first kappa shape index (κ1) is 25.0. The minimum Gasteiger partial charge on any atom is -0.465 e. The quantitative estimate of drug-likeness (QED) is 0.432. The van der Waals surface area contributed by atoms with E-state index in [0.717, 1.165) is 31.1 Å². The summed E-state index contributed by atoms with van der Waals surface area (Å²) in [5, 5.41) is 0. The number of esters is 2. The summed E-state index contributed by atoms with van der Waals surface area (Å²) in [4.78, 5) is 26.6. The number of hydrogen-bond donors (Lipinski definition) is 0. The first-order chi connectivity index (χ1) is 15.7. The molecule has 0 radical (unpaired) electrons. The molecule has 4 nitrogen and oxygen atoms in total. The summed E-state index contributed by atoms with van der Waals surface area (Å²) < 4.78 is 11.9. The van der Waals surface area contributed by atoms with Gasteiger partial charge in [-0.3, -0.25) is 9.59 Å². The van der Waals surface area contributed by atoms with Crippen LogP contribution in [-0.4, -0.2) is 25.2 Å². The third-order valence-electron chi connectivity index (χ3n) is 10.3. The van der Waals surface area contributed by atoms with Crippen molar-refractivity contribution < 1.29 is 19.1 Å². The van der Waals surface area contributed by atoms with E-state index in [1.807, 2.05) is 0 Å². The molecule has 4 saturated carbocycles. The Labute approximate surface area is 201 Å². The molecule has 2 bridgehead atoms. The van der Waals surface area contributed by atoms with Gasteiger partial charge in [-0.05, 0) is 104 Å². The van der Waals surface area contributed by atoms with Crippen LogP contribution in [0.25, 0.3) is 0 Å². The standard InChI is InChI=1S/C29H48O4/c1-16-9-18(3)24(19(4)10-16)14-32-28(30)26-22-7-8-23(13-22)27(26)29(31)33-15-25-20(5)11-17(2)12-21(25)6/h16-27H,7-15H2,1-6H3. The third kappa shape index (κ3) is 5.30. The molecule has 4 fully saturated rings. The highest BCUT2D eigenvalue weighted by atomic mass is 16.5. The maximum atomic E-state index is 13.3. The van der Waals surface area contributed by atoms with Gasteiger partial charge >= 0.3 is 11.9 Å². The second-order valence-corrected chi connectivity index (χ2v) is 13.0. The molecule has 0 heterocycles. The van der Waals surface area contributed by atoms with E-state index < -0.39 is 0 Å². The average Bonchev–Trinajstić information content (AvgIpc) is 3.33. The molecule has 0 amide bonds. The molecule has 8 unspecified atom stereocenters. The Morgan fingerprint density at radius 2 is 0.909 bits per heavy atom. The Morgan fingerprint density at radius 1 is 0.576 bits per heavy atom. The lowest BCUT2D eigenvalue weighted by Crippen LogP contribution is -2.40. The van der Waals surface area contributed by atoms with Crippen LogP contribution in [0.5, 0.6) is 0 Å². The van der Waals surface area contributed by atoms with Crippen LogP contribution in [0.3, 0.4) is 0 Å². The van der Waals surface area contributed by atoms with Crippen LogP contribution in [-0.2, 0) is 19.1 Å². The van der Waals surface area contributed by atoms with Crippen LogP contribution in [0.4, 0.5) is 0 Å². The van der Waals surface area contributed by atoms with E-state index in [4.69, 9.17) is 9.47 Å². The van der Waals surface area contributed by atoms with E-state index in [0.29, 0.717) is 60.6 Å². The van der Waals surface area contributed by atoms with Crippen LogP contribution in [0.1, 0.15) is 86.5 Å². The van der Waals surface area contributed by atoms with Crippen molar-refractivity contribution in [1.29, 1.82) is 0 Å². The molecule has 0 aromatic carbocycles. The molecule has 4 heteroatoms. The summed E-state index contributed by atoms with van der Waals surface area (Å²) in [6.45, 7) is 14.9. The summed E-state index contributed by atoms with van der Waals surface area (Å²) in [7, 11) is 0. The molecule has 4 aliphatic carbocycles. The fraction of sp³-hybridized carbons (Fsp3) is 0.931. The van der Waals surface area contributed by atoms with Gasteiger partial charge < -0.3 is 9.47 Å². The first-order valence-corrected chi connectivity index (χ1v) is 14.0. The monoisotopic (exact) mass is 460 g/mol. The topological polar surface area (TPSA) is 52.6 Å². The van der Waals surface area contributed by atoms with Crippen molar-refractivity contribution in [3.63, 3.8) is 0 Å². The lowest BCUT2D eigenvalue weighted by molar-refractivity contribution is -0.166. The molecule has 0 aromatic heterocycles. The van der Waals surface area contributed by atoms with Gasteiger partial charge in [0.2, 0.25) is 0 Å². The Morgan fingerprint density at radius 3 is 1.24 bits per heavy atom. The highest BCUT2D eigenvalue weighted by Gasteiger charge is 2.55. The van der Waals surface area contributed by atoms with Crippen molar-refractivity contribution >= 4 is 11.9 Å². The maximum absolute atomic E-state index is 13.3. The number of carbonyl (C=O) groups is 2. The minimum absolute atomic E-state index is 0.129. The van der Waals surface area contributed by atoms with Crippen molar-refractivity contribution in [3.8, 4) is 0 Å². The van der Waals surface area contributed by atoms with Gasteiger partial charge in [0, 0.05) is 0 Å². The number of carbonyl (C=O) groups excluding carboxylic acids is 2. The van der Waals surface area contributed by atoms with E-state index in [-0.39, 0.29) is 23.8 Å². The Kier molecular flexibility index (Phi) is 7.80. The van der Waals surface area contributed by atoms with Crippen molar-refractivity contribution in [1.82, 2.24) is 0 Å². The fourth-order valence-corrected chi connectivity index (χ4v) is 8.73. The smallest absolute Gasteiger partial charge is 0.310 e. The van der Waals surface area contributed by atoms with E-state index >= 15 is 0 Å². The van der Waals surface area contributed by atoms with Crippen LogP contribution in [0, 0.1) is 71.0 Å². The molecule has 0 aliphatic heterocycles. The zero-order valence-corrected chi connectivity index (χ0v) is 21.9. The van der Waals surface area contributed by atoms with Crippen molar-refractivity contribution in [2.45, 2.75) is 86.5 Å². The van der Waals surface area contributed by atoms with Gasteiger partial charge in [0.15, 0.2) is 0 Å². The molecular formula is C29H48O4.